The van der Waals surface area contributed by atoms with Gasteiger partial charge < -0.3 is 14.8 Å². The summed E-state index contributed by atoms with van der Waals surface area (Å²) in [6.45, 7) is 3.91. The van der Waals surface area contributed by atoms with Gasteiger partial charge in [-0.3, -0.25) is 9.59 Å². The molecule has 0 aliphatic heterocycles. The van der Waals surface area contributed by atoms with Crippen LogP contribution in [0.3, 0.4) is 0 Å². The van der Waals surface area contributed by atoms with Gasteiger partial charge in [0.25, 0.3) is 0 Å². The number of benzene rings is 2. The van der Waals surface area contributed by atoms with Crippen molar-refractivity contribution in [3.8, 4) is 11.5 Å². The van der Waals surface area contributed by atoms with Crippen molar-refractivity contribution >= 4 is 41.2 Å². The highest BCUT2D eigenvalue weighted by atomic mass is 35.5. The maximum absolute atomic E-state index is 11.5. The number of hydrogen-bond acceptors (Lipinski definition) is 5. The third-order valence-corrected chi connectivity index (χ3v) is 4.30. The molecule has 0 fully saturated rings. The fraction of sp³-hybridized carbons (Fsp3) is 0.150. The van der Waals surface area contributed by atoms with Crippen molar-refractivity contribution in [2.24, 2.45) is 5.10 Å². The lowest BCUT2D eigenvalue weighted by atomic mass is 10.2. The number of methoxy groups -OCH3 is 1. The van der Waals surface area contributed by atoms with Gasteiger partial charge in [0.05, 0.1) is 23.4 Å². The molecule has 0 aromatic heterocycles. The van der Waals surface area contributed by atoms with Gasteiger partial charge >= 0.3 is 11.8 Å². The van der Waals surface area contributed by atoms with E-state index in [9.17, 15) is 9.59 Å². The molecule has 0 bridgehead atoms. The molecule has 0 heterocycles. The fourth-order valence-electron chi connectivity index (χ4n) is 2.14. The van der Waals surface area contributed by atoms with Gasteiger partial charge in [0, 0.05) is 6.54 Å². The predicted molar refractivity (Wildman–Crippen MR) is 113 cm³/mol. The number of hydrazone groups is 1. The summed E-state index contributed by atoms with van der Waals surface area (Å²) in [7, 11) is 1.51. The average molecular weight is 436 g/mol. The standard InChI is InChI=1S/C20H19Cl2N3O4/c1-3-8-23-19(26)20(27)25-24-11-13-5-7-17(18(10-13)28-2)29-12-14-4-6-15(21)16(22)9-14/h3-7,9-11H,1,8,12H2,2H3,(H,23,26)(H,25,27)/b24-11-. The molecule has 0 aliphatic carbocycles. The molecule has 0 atom stereocenters. The number of carbonyl (C=O) groups is 2. The zero-order chi connectivity index (χ0) is 21.2. The Morgan fingerprint density at radius 2 is 1.90 bits per heavy atom. The van der Waals surface area contributed by atoms with Crippen molar-refractivity contribution in [3.63, 3.8) is 0 Å². The van der Waals surface area contributed by atoms with Crippen LogP contribution in [0.5, 0.6) is 11.5 Å². The van der Waals surface area contributed by atoms with Crippen LogP contribution in [-0.4, -0.2) is 31.7 Å². The summed E-state index contributed by atoms with van der Waals surface area (Å²) in [5.41, 5.74) is 3.62. The van der Waals surface area contributed by atoms with E-state index < -0.39 is 11.8 Å². The second-order valence-electron chi connectivity index (χ2n) is 5.65. The molecule has 0 unspecified atom stereocenters. The second kappa shape index (κ2) is 11.1. The highest BCUT2D eigenvalue weighted by Crippen LogP contribution is 2.29. The number of amides is 2. The van der Waals surface area contributed by atoms with Crippen LogP contribution < -0.4 is 20.2 Å². The van der Waals surface area contributed by atoms with E-state index in [4.69, 9.17) is 32.7 Å². The molecule has 0 saturated heterocycles. The Kier molecular flexibility index (Phi) is 8.51. The van der Waals surface area contributed by atoms with Gasteiger partial charge in [-0.15, -0.1) is 6.58 Å². The van der Waals surface area contributed by atoms with E-state index in [0.29, 0.717) is 27.1 Å². The third-order valence-electron chi connectivity index (χ3n) is 3.56. The van der Waals surface area contributed by atoms with Gasteiger partial charge in [0.1, 0.15) is 6.61 Å². The molecular formula is C20H19Cl2N3O4. The van der Waals surface area contributed by atoms with Crippen LogP contribution in [0.4, 0.5) is 0 Å². The molecule has 2 rings (SSSR count). The topological polar surface area (TPSA) is 89.0 Å². The lowest BCUT2D eigenvalue weighted by Gasteiger charge is -2.11. The van der Waals surface area contributed by atoms with E-state index in [1.165, 1.54) is 19.4 Å². The predicted octanol–water partition coefficient (Wildman–Crippen LogP) is 3.33. The van der Waals surface area contributed by atoms with Crippen LogP contribution in [0.15, 0.2) is 54.2 Å². The molecule has 0 saturated carbocycles. The molecule has 0 spiro atoms. The van der Waals surface area contributed by atoms with E-state index in [-0.39, 0.29) is 13.2 Å². The summed E-state index contributed by atoms with van der Waals surface area (Å²) in [6, 6.07) is 10.3. The Bertz CT molecular complexity index is 932. The highest BCUT2D eigenvalue weighted by molar-refractivity contribution is 6.42. The minimum absolute atomic E-state index is 0.191. The van der Waals surface area contributed by atoms with Crippen molar-refractivity contribution < 1.29 is 19.1 Å². The number of halogens is 2. The average Bonchev–Trinajstić information content (AvgIpc) is 2.73. The molecule has 29 heavy (non-hydrogen) atoms. The molecule has 9 heteroatoms. The molecule has 7 nitrogen and oxygen atoms in total. The Morgan fingerprint density at radius 1 is 1.10 bits per heavy atom. The quantitative estimate of drug-likeness (QED) is 0.288. The van der Waals surface area contributed by atoms with Gasteiger partial charge in [-0.05, 0) is 41.5 Å². The zero-order valence-corrected chi connectivity index (χ0v) is 17.1. The van der Waals surface area contributed by atoms with E-state index in [2.05, 4.69) is 22.4 Å². The van der Waals surface area contributed by atoms with E-state index in [0.717, 1.165) is 5.56 Å². The smallest absolute Gasteiger partial charge is 0.329 e. The van der Waals surface area contributed by atoms with Crippen LogP contribution in [0.2, 0.25) is 10.0 Å². The first-order chi connectivity index (χ1) is 13.9. The minimum Gasteiger partial charge on any atom is -0.493 e. The van der Waals surface area contributed by atoms with Gasteiger partial charge in [-0.2, -0.15) is 5.10 Å². The monoisotopic (exact) mass is 435 g/mol. The number of hydrogen-bond donors (Lipinski definition) is 2. The van der Waals surface area contributed by atoms with E-state index in [1.54, 1.807) is 30.3 Å². The normalized spacial score (nSPS) is 10.4. The molecule has 2 aromatic carbocycles. The lowest BCUT2D eigenvalue weighted by Crippen LogP contribution is -2.37. The Labute approximate surface area is 178 Å². The fourth-order valence-corrected chi connectivity index (χ4v) is 2.46. The zero-order valence-electron chi connectivity index (χ0n) is 15.6. The first-order valence-corrected chi connectivity index (χ1v) is 9.17. The van der Waals surface area contributed by atoms with Crippen molar-refractivity contribution in [2.75, 3.05) is 13.7 Å². The van der Waals surface area contributed by atoms with Crippen molar-refractivity contribution in [2.45, 2.75) is 6.61 Å². The number of nitrogens with one attached hydrogen (secondary N) is 2. The maximum Gasteiger partial charge on any atom is 0.329 e. The first kappa shape index (κ1) is 22.3. The molecule has 2 amide bonds. The van der Waals surface area contributed by atoms with Crippen LogP contribution in [0.25, 0.3) is 0 Å². The minimum atomic E-state index is -0.878. The summed E-state index contributed by atoms with van der Waals surface area (Å²) >= 11 is 11.9. The molecular weight excluding hydrogens is 417 g/mol. The number of ether oxygens (including phenoxy) is 2. The number of carbonyl (C=O) groups excluding carboxylic acids is 2. The SMILES string of the molecule is C=CCNC(=O)C(=O)N/N=C\c1ccc(OCc2ccc(Cl)c(Cl)c2)c(OC)c1. The summed E-state index contributed by atoms with van der Waals surface area (Å²) < 4.78 is 11.1. The van der Waals surface area contributed by atoms with E-state index in [1.807, 2.05) is 6.07 Å². The summed E-state index contributed by atoms with van der Waals surface area (Å²) in [6.07, 6.45) is 2.84. The summed E-state index contributed by atoms with van der Waals surface area (Å²) in [4.78, 5) is 23.0. The van der Waals surface area contributed by atoms with Gasteiger partial charge in [-0.1, -0.05) is 35.3 Å². The largest absolute Gasteiger partial charge is 0.493 e. The van der Waals surface area contributed by atoms with Crippen molar-refractivity contribution in [3.05, 3.63) is 70.2 Å². The highest BCUT2D eigenvalue weighted by Gasteiger charge is 2.11. The van der Waals surface area contributed by atoms with Crippen LogP contribution in [0, 0.1) is 0 Å². The molecule has 2 aromatic rings. The van der Waals surface area contributed by atoms with Gasteiger partial charge in [0.15, 0.2) is 11.5 Å². The van der Waals surface area contributed by atoms with Gasteiger partial charge in [-0.25, -0.2) is 5.43 Å². The van der Waals surface area contributed by atoms with Gasteiger partial charge in [0.2, 0.25) is 0 Å². The molecule has 0 radical (unpaired) electrons. The van der Waals surface area contributed by atoms with Crippen LogP contribution in [0.1, 0.15) is 11.1 Å². The van der Waals surface area contributed by atoms with Crippen LogP contribution >= 0.6 is 23.2 Å². The third kappa shape index (κ3) is 6.81. The molecule has 0 aliphatic rings. The van der Waals surface area contributed by atoms with Crippen LogP contribution in [-0.2, 0) is 16.2 Å². The van der Waals surface area contributed by atoms with Crippen molar-refractivity contribution in [1.82, 2.24) is 10.7 Å². The Morgan fingerprint density at radius 3 is 2.59 bits per heavy atom. The maximum atomic E-state index is 11.5. The Hall–Kier alpha value is -3.03. The number of nitrogens with zero attached hydrogens (tertiary/aromatic N) is 1. The molecule has 2 N–H and O–H groups in total. The molecule has 152 valence electrons. The van der Waals surface area contributed by atoms with E-state index >= 15 is 0 Å². The number of rotatable bonds is 8. The Balaban J connectivity index is 1.98. The summed E-state index contributed by atoms with van der Waals surface area (Å²) in [5, 5.41) is 7.02. The van der Waals surface area contributed by atoms with Crippen molar-refractivity contribution in [1.29, 1.82) is 0 Å². The first-order valence-electron chi connectivity index (χ1n) is 8.41. The summed E-state index contributed by atoms with van der Waals surface area (Å²) in [5.74, 6) is -0.685. The second-order valence-corrected chi connectivity index (χ2v) is 6.46. The lowest BCUT2D eigenvalue weighted by molar-refractivity contribution is -0.139.